The second-order valence-corrected chi connectivity index (χ2v) is 6.56. The zero-order valence-corrected chi connectivity index (χ0v) is 14.0. The van der Waals surface area contributed by atoms with Crippen LogP contribution in [0.15, 0.2) is 60.0 Å². The van der Waals surface area contributed by atoms with Crippen molar-refractivity contribution in [2.24, 2.45) is 7.05 Å². The minimum absolute atomic E-state index is 0.00998. The molecule has 0 saturated heterocycles. The molecule has 3 aromatic rings. The number of nitrogens with zero attached hydrogens (tertiary/aromatic N) is 2. The standard InChI is InChI=1S/C18H19N3OS/c1-3-16(23-18-19-10-11-21(18)2)17(22)20-15-9-8-13-6-4-5-7-14(13)12-15/h4-12,16H,3H2,1-2H3,(H,20,22). The smallest absolute Gasteiger partial charge is 0.237 e. The molecule has 5 heteroatoms. The van der Waals surface area contributed by atoms with Gasteiger partial charge in [0.2, 0.25) is 5.91 Å². The Balaban J connectivity index is 1.74. The summed E-state index contributed by atoms with van der Waals surface area (Å²) in [6.45, 7) is 2.01. The molecule has 0 fully saturated rings. The van der Waals surface area contributed by atoms with Crippen molar-refractivity contribution in [1.29, 1.82) is 0 Å². The second kappa shape index (κ2) is 6.87. The largest absolute Gasteiger partial charge is 0.329 e. The van der Waals surface area contributed by atoms with Crippen LogP contribution in [0.5, 0.6) is 0 Å². The molecule has 2 aromatic carbocycles. The third-order valence-corrected chi connectivity index (χ3v) is 5.14. The molecular formula is C18H19N3OS. The van der Waals surface area contributed by atoms with Crippen LogP contribution in [0, 0.1) is 0 Å². The lowest BCUT2D eigenvalue weighted by Gasteiger charge is -2.14. The Morgan fingerprint density at radius 3 is 2.74 bits per heavy atom. The number of hydrogen-bond acceptors (Lipinski definition) is 3. The van der Waals surface area contributed by atoms with Gasteiger partial charge in [0.05, 0.1) is 5.25 Å². The first-order valence-corrected chi connectivity index (χ1v) is 8.49. The maximum absolute atomic E-state index is 12.5. The lowest BCUT2D eigenvalue weighted by atomic mass is 10.1. The van der Waals surface area contributed by atoms with Crippen molar-refractivity contribution in [3.05, 3.63) is 54.9 Å². The monoisotopic (exact) mass is 325 g/mol. The summed E-state index contributed by atoms with van der Waals surface area (Å²) >= 11 is 1.49. The first kappa shape index (κ1) is 15.6. The third kappa shape index (κ3) is 3.56. The maximum atomic E-state index is 12.5. The van der Waals surface area contributed by atoms with E-state index in [9.17, 15) is 4.79 Å². The van der Waals surface area contributed by atoms with Crippen molar-refractivity contribution in [3.8, 4) is 0 Å². The molecule has 0 aliphatic heterocycles. The number of carbonyl (C=O) groups is 1. The zero-order chi connectivity index (χ0) is 16.2. The van der Waals surface area contributed by atoms with Crippen molar-refractivity contribution >= 4 is 34.1 Å². The Labute approximate surface area is 139 Å². The van der Waals surface area contributed by atoms with E-state index >= 15 is 0 Å². The van der Waals surface area contributed by atoms with Crippen molar-refractivity contribution < 1.29 is 4.79 Å². The van der Waals surface area contributed by atoms with Crippen LogP contribution in [0.3, 0.4) is 0 Å². The van der Waals surface area contributed by atoms with Gasteiger partial charge >= 0.3 is 0 Å². The van der Waals surface area contributed by atoms with Gasteiger partial charge in [0.15, 0.2) is 5.16 Å². The highest BCUT2D eigenvalue weighted by molar-refractivity contribution is 8.00. The molecule has 0 aliphatic carbocycles. The number of carbonyl (C=O) groups excluding carboxylic acids is 1. The van der Waals surface area contributed by atoms with E-state index in [1.54, 1.807) is 6.20 Å². The van der Waals surface area contributed by atoms with Crippen LogP contribution in [0.4, 0.5) is 5.69 Å². The van der Waals surface area contributed by atoms with Crippen LogP contribution >= 0.6 is 11.8 Å². The van der Waals surface area contributed by atoms with Crippen LogP contribution in [0.1, 0.15) is 13.3 Å². The molecule has 1 aromatic heterocycles. The van der Waals surface area contributed by atoms with Crippen LogP contribution < -0.4 is 5.32 Å². The molecule has 1 N–H and O–H groups in total. The first-order valence-electron chi connectivity index (χ1n) is 7.61. The van der Waals surface area contributed by atoms with E-state index in [0.717, 1.165) is 22.7 Å². The molecular weight excluding hydrogens is 306 g/mol. The van der Waals surface area contributed by atoms with Gasteiger partial charge in [-0.3, -0.25) is 4.79 Å². The maximum Gasteiger partial charge on any atom is 0.237 e. The summed E-state index contributed by atoms with van der Waals surface area (Å²) in [7, 11) is 1.93. The molecule has 3 rings (SSSR count). The topological polar surface area (TPSA) is 46.9 Å². The number of imidazole rings is 1. The number of hydrogen-bond donors (Lipinski definition) is 1. The Morgan fingerprint density at radius 2 is 2.04 bits per heavy atom. The summed E-state index contributed by atoms with van der Waals surface area (Å²) in [5.41, 5.74) is 0.826. The SMILES string of the molecule is CCC(Sc1nccn1C)C(=O)Nc1ccc2ccccc2c1. The van der Waals surface area contributed by atoms with Gasteiger partial charge in [-0.1, -0.05) is 49.0 Å². The lowest BCUT2D eigenvalue weighted by molar-refractivity contribution is -0.115. The molecule has 1 atom stereocenters. The van der Waals surface area contributed by atoms with Crippen LogP contribution in [0.2, 0.25) is 0 Å². The minimum Gasteiger partial charge on any atom is -0.329 e. The number of anilines is 1. The number of nitrogens with one attached hydrogen (secondary N) is 1. The predicted molar refractivity (Wildman–Crippen MR) is 95.7 cm³/mol. The van der Waals surface area contributed by atoms with Gasteiger partial charge in [0.25, 0.3) is 0 Å². The second-order valence-electron chi connectivity index (χ2n) is 5.39. The molecule has 23 heavy (non-hydrogen) atoms. The van der Waals surface area contributed by atoms with E-state index in [1.807, 2.05) is 61.1 Å². The van der Waals surface area contributed by atoms with Crippen molar-refractivity contribution in [1.82, 2.24) is 9.55 Å². The summed E-state index contributed by atoms with van der Waals surface area (Å²) in [6, 6.07) is 14.1. The average Bonchev–Trinajstić information content (AvgIpc) is 2.97. The molecule has 4 nitrogen and oxygen atoms in total. The normalized spacial score (nSPS) is 12.3. The molecule has 1 unspecified atom stereocenters. The molecule has 1 amide bonds. The van der Waals surface area contributed by atoms with Crippen LogP contribution in [0.25, 0.3) is 10.8 Å². The quantitative estimate of drug-likeness (QED) is 0.719. The highest BCUT2D eigenvalue weighted by atomic mass is 32.2. The fourth-order valence-corrected chi connectivity index (χ4v) is 3.34. The molecule has 0 spiro atoms. The average molecular weight is 325 g/mol. The summed E-state index contributed by atoms with van der Waals surface area (Å²) in [4.78, 5) is 16.8. The van der Waals surface area contributed by atoms with Gasteiger partial charge in [-0.25, -0.2) is 4.98 Å². The molecule has 118 valence electrons. The van der Waals surface area contributed by atoms with E-state index < -0.39 is 0 Å². The van der Waals surface area contributed by atoms with E-state index in [4.69, 9.17) is 0 Å². The summed E-state index contributed by atoms with van der Waals surface area (Å²) in [5.74, 6) is 0.00998. The van der Waals surface area contributed by atoms with E-state index in [-0.39, 0.29) is 11.2 Å². The highest BCUT2D eigenvalue weighted by Crippen LogP contribution is 2.25. The summed E-state index contributed by atoms with van der Waals surface area (Å²) in [5, 5.41) is 6.00. The molecule has 0 bridgehead atoms. The first-order chi connectivity index (χ1) is 11.2. The van der Waals surface area contributed by atoms with Crippen LogP contribution in [-0.4, -0.2) is 20.7 Å². The van der Waals surface area contributed by atoms with Crippen molar-refractivity contribution in [2.75, 3.05) is 5.32 Å². The summed E-state index contributed by atoms with van der Waals surface area (Å²) in [6.07, 6.45) is 4.38. The lowest BCUT2D eigenvalue weighted by Crippen LogP contribution is -2.24. The number of benzene rings is 2. The Morgan fingerprint density at radius 1 is 1.26 bits per heavy atom. The Kier molecular flexibility index (Phi) is 4.67. The van der Waals surface area contributed by atoms with Crippen molar-refractivity contribution in [3.63, 3.8) is 0 Å². The van der Waals surface area contributed by atoms with Gasteiger partial charge in [-0.05, 0) is 29.3 Å². The van der Waals surface area contributed by atoms with Crippen molar-refractivity contribution in [2.45, 2.75) is 23.8 Å². The molecule has 0 radical (unpaired) electrons. The van der Waals surface area contributed by atoms with Gasteiger partial charge < -0.3 is 9.88 Å². The number of aromatic nitrogens is 2. The minimum atomic E-state index is -0.164. The third-order valence-electron chi connectivity index (χ3n) is 3.70. The fourth-order valence-electron chi connectivity index (χ4n) is 2.40. The van der Waals surface area contributed by atoms with Gasteiger partial charge in [-0.2, -0.15) is 0 Å². The van der Waals surface area contributed by atoms with E-state index in [1.165, 1.54) is 17.1 Å². The Bertz CT molecular complexity index is 828. The van der Waals surface area contributed by atoms with Gasteiger partial charge in [-0.15, -0.1) is 0 Å². The number of aryl methyl sites for hydroxylation is 1. The number of fused-ring (bicyclic) bond motifs is 1. The van der Waals surface area contributed by atoms with Gasteiger partial charge in [0.1, 0.15) is 0 Å². The molecule has 1 heterocycles. The van der Waals surface area contributed by atoms with E-state index in [2.05, 4.69) is 16.4 Å². The number of amides is 1. The Hall–Kier alpha value is -2.27. The van der Waals surface area contributed by atoms with Crippen LogP contribution in [-0.2, 0) is 11.8 Å². The molecule has 0 aliphatic rings. The molecule has 0 saturated carbocycles. The highest BCUT2D eigenvalue weighted by Gasteiger charge is 2.20. The fraction of sp³-hybridized carbons (Fsp3) is 0.222. The summed E-state index contributed by atoms with van der Waals surface area (Å²) < 4.78 is 1.93. The van der Waals surface area contributed by atoms with Gasteiger partial charge in [0, 0.05) is 25.1 Å². The van der Waals surface area contributed by atoms with E-state index in [0.29, 0.717) is 0 Å². The number of thioether (sulfide) groups is 1. The number of rotatable bonds is 5. The zero-order valence-electron chi connectivity index (χ0n) is 13.2. The predicted octanol–water partition coefficient (Wildman–Crippen LogP) is 4.08.